The number of hydrogen-bond donors (Lipinski definition) is 1. The highest BCUT2D eigenvalue weighted by Crippen LogP contribution is 2.40. The van der Waals surface area contributed by atoms with Gasteiger partial charge in [-0.15, -0.1) is 24.2 Å². The van der Waals surface area contributed by atoms with Crippen molar-refractivity contribution in [3.63, 3.8) is 0 Å². The highest BCUT2D eigenvalue weighted by atomic mass is 35.6. The Labute approximate surface area is 147 Å². The summed E-state index contributed by atoms with van der Waals surface area (Å²) in [4.78, 5) is 25.2. The first kappa shape index (κ1) is 18.9. The SMILES string of the molecule is C=CC1=C(C(=O)OCC(Cl)(Cl)Cl)N2C(=O)[C@@H](N)[C@@H]2SC1.Cl. The number of halogens is 4. The maximum atomic E-state index is 12.1. The van der Waals surface area contributed by atoms with Gasteiger partial charge in [-0.25, -0.2) is 4.79 Å². The van der Waals surface area contributed by atoms with E-state index in [1.807, 2.05) is 0 Å². The number of rotatable bonds is 3. The van der Waals surface area contributed by atoms with Crippen molar-refractivity contribution in [3.8, 4) is 0 Å². The molecule has 2 N–H and O–H groups in total. The molecule has 0 aromatic heterocycles. The van der Waals surface area contributed by atoms with Crippen molar-refractivity contribution >= 4 is 70.8 Å². The normalized spacial score (nSPS) is 24.8. The smallest absolute Gasteiger partial charge is 0.355 e. The molecular formula is C11H12Cl4N2O3S. The lowest BCUT2D eigenvalue weighted by Crippen LogP contribution is -2.68. The summed E-state index contributed by atoms with van der Waals surface area (Å²) in [6.07, 6.45) is 1.51. The van der Waals surface area contributed by atoms with Gasteiger partial charge in [0.25, 0.3) is 0 Å². The Morgan fingerprint density at radius 1 is 1.57 bits per heavy atom. The van der Waals surface area contributed by atoms with Crippen LogP contribution in [0.15, 0.2) is 23.9 Å². The summed E-state index contributed by atoms with van der Waals surface area (Å²) in [7, 11) is 0. The van der Waals surface area contributed by atoms with Gasteiger partial charge in [-0.05, 0) is 5.57 Å². The second-order valence-corrected chi connectivity index (χ2v) is 7.83. The fourth-order valence-electron chi connectivity index (χ4n) is 1.90. The molecule has 21 heavy (non-hydrogen) atoms. The summed E-state index contributed by atoms with van der Waals surface area (Å²) in [6.45, 7) is 3.22. The fourth-order valence-corrected chi connectivity index (χ4v) is 3.35. The largest absolute Gasteiger partial charge is 0.456 e. The predicted molar refractivity (Wildman–Crippen MR) is 86.8 cm³/mol. The summed E-state index contributed by atoms with van der Waals surface area (Å²) in [5.74, 6) is -0.539. The Bertz CT molecular complexity index is 506. The van der Waals surface area contributed by atoms with E-state index in [1.165, 1.54) is 22.7 Å². The molecular weight excluding hydrogens is 382 g/mol. The zero-order chi connectivity index (χ0) is 15.1. The number of fused-ring (bicyclic) bond motifs is 1. The molecule has 1 saturated heterocycles. The van der Waals surface area contributed by atoms with Crippen LogP contribution in [0.2, 0.25) is 0 Å². The average Bonchev–Trinajstić information content (AvgIpc) is 2.41. The highest BCUT2D eigenvalue weighted by Gasteiger charge is 2.51. The fraction of sp³-hybridized carbons (Fsp3) is 0.455. The van der Waals surface area contributed by atoms with Gasteiger partial charge in [0, 0.05) is 5.75 Å². The van der Waals surface area contributed by atoms with Crippen LogP contribution in [-0.2, 0) is 14.3 Å². The number of allylic oxidation sites excluding steroid dienone is 1. The van der Waals surface area contributed by atoms with E-state index in [1.54, 1.807) is 0 Å². The number of β-lactam (4-membered cyclic amide) rings is 1. The average molecular weight is 394 g/mol. The number of alkyl halides is 3. The van der Waals surface area contributed by atoms with E-state index >= 15 is 0 Å². The molecule has 0 bridgehead atoms. The molecule has 0 aromatic carbocycles. The van der Waals surface area contributed by atoms with Crippen LogP contribution < -0.4 is 5.73 Å². The van der Waals surface area contributed by atoms with Gasteiger partial charge in [-0.3, -0.25) is 9.69 Å². The third-order valence-electron chi connectivity index (χ3n) is 2.85. The molecule has 1 amide bonds. The first-order valence-electron chi connectivity index (χ1n) is 5.56. The summed E-state index contributed by atoms with van der Waals surface area (Å²) >= 11 is 18.1. The number of carbonyl (C=O) groups is 2. The third-order valence-corrected chi connectivity index (χ3v) is 4.50. The lowest BCUT2D eigenvalue weighted by Gasteiger charge is -2.48. The van der Waals surface area contributed by atoms with Crippen LogP contribution >= 0.6 is 59.0 Å². The summed E-state index contributed by atoms with van der Waals surface area (Å²) in [6, 6.07) is -0.609. The molecule has 118 valence electrons. The number of ether oxygens (including phenoxy) is 1. The predicted octanol–water partition coefficient (Wildman–Crippen LogP) is 2.00. The van der Waals surface area contributed by atoms with Gasteiger partial charge in [0.1, 0.15) is 23.7 Å². The van der Waals surface area contributed by atoms with Crippen LogP contribution in [0.1, 0.15) is 0 Å². The van der Waals surface area contributed by atoms with E-state index in [2.05, 4.69) is 6.58 Å². The molecule has 0 spiro atoms. The molecule has 5 nitrogen and oxygen atoms in total. The molecule has 2 heterocycles. The number of nitrogens with two attached hydrogens (primary N) is 1. The first-order valence-corrected chi connectivity index (χ1v) is 7.74. The lowest BCUT2D eigenvalue weighted by atomic mass is 10.0. The van der Waals surface area contributed by atoms with Crippen molar-refractivity contribution in [1.29, 1.82) is 0 Å². The van der Waals surface area contributed by atoms with E-state index in [9.17, 15) is 9.59 Å². The van der Waals surface area contributed by atoms with E-state index in [0.29, 0.717) is 11.3 Å². The maximum absolute atomic E-state index is 12.1. The molecule has 2 aliphatic heterocycles. The van der Waals surface area contributed by atoms with E-state index in [4.69, 9.17) is 45.3 Å². The van der Waals surface area contributed by atoms with Gasteiger partial charge < -0.3 is 10.5 Å². The Balaban J connectivity index is 0.00000220. The van der Waals surface area contributed by atoms with Crippen LogP contribution in [0.3, 0.4) is 0 Å². The molecule has 2 aliphatic rings. The van der Waals surface area contributed by atoms with Crippen LogP contribution in [-0.4, -0.2) is 44.3 Å². The zero-order valence-corrected chi connectivity index (χ0v) is 14.5. The number of carbonyl (C=O) groups excluding carboxylic acids is 2. The van der Waals surface area contributed by atoms with Crippen molar-refractivity contribution in [1.82, 2.24) is 4.90 Å². The van der Waals surface area contributed by atoms with Crippen molar-refractivity contribution in [2.24, 2.45) is 5.73 Å². The number of thioether (sulfide) groups is 1. The Kier molecular flexibility index (Phi) is 6.29. The lowest BCUT2D eigenvalue weighted by molar-refractivity contribution is -0.150. The monoisotopic (exact) mass is 392 g/mol. The van der Waals surface area contributed by atoms with Gasteiger partial charge >= 0.3 is 5.97 Å². The van der Waals surface area contributed by atoms with Crippen molar-refractivity contribution < 1.29 is 14.3 Å². The second kappa shape index (κ2) is 6.98. The molecule has 0 aromatic rings. The Morgan fingerprint density at radius 2 is 2.19 bits per heavy atom. The number of esters is 1. The molecule has 0 radical (unpaired) electrons. The van der Waals surface area contributed by atoms with Gasteiger partial charge in [-0.2, -0.15) is 0 Å². The van der Waals surface area contributed by atoms with Gasteiger partial charge in [0.05, 0.1) is 0 Å². The molecule has 2 rings (SSSR count). The summed E-state index contributed by atoms with van der Waals surface area (Å²) in [5, 5.41) is -0.262. The molecule has 10 heteroatoms. The molecule has 1 fully saturated rings. The molecule has 0 aliphatic carbocycles. The minimum Gasteiger partial charge on any atom is -0.456 e. The molecule has 0 saturated carbocycles. The number of nitrogens with zero attached hydrogens (tertiary/aromatic N) is 1. The second-order valence-electron chi connectivity index (χ2n) is 4.20. The first-order chi connectivity index (χ1) is 9.26. The van der Waals surface area contributed by atoms with Gasteiger partial charge in [-0.1, -0.05) is 47.5 Å². The zero-order valence-electron chi connectivity index (χ0n) is 10.6. The van der Waals surface area contributed by atoms with Crippen LogP contribution in [0, 0.1) is 0 Å². The third kappa shape index (κ3) is 3.81. The Hall–Kier alpha value is -0.110. The standard InChI is InChI=1S/C11H11Cl3N2O3S.ClH/c1-2-5-3-20-9-6(15)8(17)16(9)7(5)10(18)19-4-11(12,13)14;/h2,6,9H,1,3-4,15H2;1H/t6-,9+;/m1./s1. The van der Waals surface area contributed by atoms with Crippen LogP contribution in [0.5, 0.6) is 0 Å². The van der Waals surface area contributed by atoms with Crippen molar-refractivity contribution in [3.05, 3.63) is 23.9 Å². The van der Waals surface area contributed by atoms with Gasteiger partial charge in [0.2, 0.25) is 9.70 Å². The highest BCUT2D eigenvalue weighted by molar-refractivity contribution is 8.00. The quantitative estimate of drug-likeness (QED) is 0.451. The maximum Gasteiger partial charge on any atom is 0.355 e. The topological polar surface area (TPSA) is 72.6 Å². The Morgan fingerprint density at radius 3 is 2.71 bits per heavy atom. The number of hydrogen-bond acceptors (Lipinski definition) is 5. The summed E-state index contributed by atoms with van der Waals surface area (Å²) < 4.78 is 3.22. The molecule has 0 unspecified atom stereocenters. The minimum absolute atomic E-state index is 0. The summed E-state index contributed by atoms with van der Waals surface area (Å²) in [5.41, 5.74) is 6.42. The van der Waals surface area contributed by atoms with E-state index in [-0.39, 0.29) is 29.4 Å². The van der Waals surface area contributed by atoms with Crippen molar-refractivity contribution in [2.45, 2.75) is 15.2 Å². The van der Waals surface area contributed by atoms with Crippen molar-refractivity contribution in [2.75, 3.05) is 12.4 Å². The van der Waals surface area contributed by atoms with E-state index in [0.717, 1.165) is 0 Å². The van der Waals surface area contributed by atoms with Crippen LogP contribution in [0.4, 0.5) is 0 Å². The van der Waals surface area contributed by atoms with Crippen LogP contribution in [0.25, 0.3) is 0 Å². The van der Waals surface area contributed by atoms with E-state index < -0.39 is 22.4 Å². The number of amides is 1. The minimum atomic E-state index is -1.71. The van der Waals surface area contributed by atoms with Gasteiger partial charge in [0.15, 0.2) is 0 Å². The molecule has 2 atom stereocenters.